The van der Waals surface area contributed by atoms with E-state index in [1.165, 1.54) is 44.5 Å². The van der Waals surface area contributed by atoms with Crippen molar-refractivity contribution in [1.29, 1.82) is 0 Å². The van der Waals surface area contributed by atoms with Crippen molar-refractivity contribution >= 4 is 0 Å². The molecule has 8 aromatic carbocycles. The zero-order chi connectivity index (χ0) is 41.3. The van der Waals surface area contributed by atoms with Crippen molar-refractivity contribution in [1.82, 2.24) is 15.0 Å². The molecule has 0 amide bonds. The Kier molecular flexibility index (Phi) is 8.47. The lowest BCUT2D eigenvalue weighted by Crippen LogP contribution is -2.29. The minimum atomic E-state index is -0.424. The Morgan fingerprint density at radius 1 is 0.311 bits per heavy atom. The Morgan fingerprint density at radius 2 is 0.738 bits per heavy atom. The molecule has 0 saturated heterocycles. The van der Waals surface area contributed by atoms with Gasteiger partial charge in [-0.25, -0.2) is 15.0 Å². The van der Waals surface area contributed by atoms with Crippen molar-refractivity contribution in [2.24, 2.45) is 0 Å². The second kappa shape index (κ2) is 14.1. The van der Waals surface area contributed by atoms with Gasteiger partial charge in [-0.2, -0.15) is 0 Å². The molecule has 0 spiro atoms. The summed E-state index contributed by atoms with van der Waals surface area (Å²) in [5.74, 6) is 2.80. The van der Waals surface area contributed by atoms with Crippen LogP contribution in [0.4, 0.5) is 0 Å². The molecule has 4 heteroatoms. The maximum Gasteiger partial charge on any atom is 0.164 e. The average Bonchev–Trinajstić information content (AvgIpc) is 3.54. The summed E-state index contributed by atoms with van der Waals surface area (Å²) >= 11 is 0. The van der Waals surface area contributed by atoms with E-state index in [1.54, 1.807) is 0 Å². The van der Waals surface area contributed by atoms with Crippen molar-refractivity contribution in [3.05, 3.63) is 205 Å². The lowest BCUT2D eigenvalue weighted by molar-refractivity contribution is 0.106. The molecule has 0 saturated carbocycles. The third-order valence-corrected chi connectivity index (χ3v) is 12.6. The van der Waals surface area contributed by atoms with Gasteiger partial charge in [0.2, 0.25) is 0 Å². The normalized spacial score (nSPS) is 14.0. The molecule has 1 aliphatic heterocycles. The first-order valence-electron chi connectivity index (χ1n) is 21.0. The SMILES string of the molecule is CC1(C)Oc2cc(-c3ccc(-c4nc(-c5ccc(-c6cccc(-c7ccccc7)c6)cc5)nc(-c5ccc6c(c5)C(C)(C)c5ccccc5-6)n4)cc3)ccc2-c2ccccc21. The molecule has 0 fully saturated rings. The molecule has 0 N–H and O–H groups in total. The summed E-state index contributed by atoms with van der Waals surface area (Å²) in [6.07, 6.45) is 0. The van der Waals surface area contributed by atoms with E-state index in [1.807, 2.05) is 0 Å². The number of aromatic nitrogens is 3. The van der Waals surface area contributed by atoms with E-state index in [0.717, 1.165) is 50.3 Å². The fourth-order valence-electron chi connectivity index (χ4n) is 9.32. The van der Waals surface area contributed by atoms with Gasteiger partial charge in [0.15, 0.2) is 17.5 Å². The fraction of sp³-hybridized carbons (Fsp3) is 0.105. The van der Waals surface area contributed by atoms with E-state index in [2.05, 4.69) is 216 Å². The van der Waals surface area contributed by atoms with Crippen LogP contribution < -0.4 is 4.74 Å². The highest BCUT2D eigenvalue weighted by atomic mass is 16.5. The summed E-state index contributed by atoms with van der Waals surface area (Å²) in [5, 5.41) is 0. The van der Waals surface area contributed by atoms with E-state index in [4.69, 9.17) is 19.7 Å². The Labute approximate surface area is 357 Å². The highest BCUT2D eigenvalue weighted by Gasteiger charge is 2.36. The van der Waals surface area contributed by atoms with Gasteiger partial charge in [-0.05, 0) is 93.2 Å². The van der Waals surface area contributed by atoms with Gasteiger partial charge in [0.1, 0.15) is 11.4 Å². The number of fused-ring (bicyclic) bond motifs is 6. The molecule has 61 heavy (non-hydrogen) atoms. The van der Waals surface area contributed by atoms with Crippen LogP contribution in [0.15, 0.2) is 188 Å². The van der Waals surface area contributed by atoms with Crippen LogP contribution in [-0.2, 0) is 11.0 Å². The van der Waals surface area contributed by atoms with Crippen molar-refractivity contribution in [3.8, 4) is 95.5 Å². The Hall–Kier alpha value is -7.43. The lowest BCUT2D eigenvalue weighted by atomic mass is 9.82. The molecular formula is C57H43N3O. The number of benzene rings is 8. The maximum absolute atomic E-state index is 6.60. The number of hydrogen-bond acceptors (Lipinski definition) is 4. The Morgan fingerprint density at radius 3 is 1.38 bits per heavy atom. The quantitative estimate of drug-likeness (QED) is 0.168. The molecule has 11 rings (SSSR count). The topological polar surface area (TPSA) is 47.9 Å². The first-order chi connectivity index (χ1) is 29.7. The van der Waals surface area contributed by atoms with Gasteiger partial charge in [0.25, 0.3) is 0 Å². The number of nitrogens with zero attached hydrogens (tertiary/aromatic N) is 3. The van der Waals surface area contributed by atoms with E-state index >= 15 is 0 Å². The summed E-state index contributed by atoms with van der Waals surface area (Å²) in [6.45, 7) is 8.88. The molecule has 0 bridgehead atoms. The molecule has 2 heterocycles. The largest absolute Gasteiger partial charge is 0.482 e. The third-order valence-electron chi connectivity index (χ3n) is 12.6. The van der Waals surface area contributed by atoms with Crippen LogP contribution in [0.2, 0.25) is 0 Å². The molecule has 0 radical (unpaired) electrons. The van der Waals surface area contributed by atoms with Crippen LogP contribution in [0.1, 0.15) is 44.4 Å². The van der Waals surface area contributed by atoms with Gasteiger partial charge in [-0.15, -0.1) is 0 Å². The van der Waals surface area contributed by atoms with Gasteiger partial charge >= 0.3 is 0 Å². The minimum Gasteiger partial charge on any atom is -0.482 e. The smallest absolute Gasteiger partial charge is 0.164 e. The Balaban J connectivity index is 0.972. The molecular weight excluding hydrogens is 743 g/mol. The van der Waals surface area contributed by atoms with E-state index in [0.29, 0.717) is 17.5 Å². The summed E-state index contributed by atoms with van der Waals surface area (Å²) in [5.41, 5.74) is 17.8. The standard InChI is InChI=1S/C57H43N3O/c1-56(2)49-19-10-8-17-45(49)47-31-30-44(34-51(47)56)55-59-53(39-25-21-37(22-26-39)42-16-12-15-41(33-42)36-13-6-5-7-14-36)58-54(60-55)40-27-23-38(24-28-40)43-29-32-48-46-18-9-11-20-50(46)57(3,4)61-52(48)35-43/h5-35H,1-4H3. The summed E-state index contributed by atoms with van der Waals surface area (Å²) in [6, 6.07) is 66.7. The fourth-order valence-corrected chi connectivity index (χ4v) is 9.32. The molecule has 1 aliphatic carbocycles. The summed E-state index contributed by atoms with van der Waals surface area (Å²) < 4.78 is 6.60. The van der Waals surface area contributed by atoms with Gasteiger partial charge in [-0.3, -0.25) is 0 Å². The second-order valence-electron chi connectivity index (χ2n) is 17.2. The molecule has 0 unspecified atom stereocenters. The van der Waals surface area contributed by atoms with Crippen LogP contribution in [0.5, 0.6) is 5.75 Å². The van der Waals surface area contributed by atoms with Crippen LogP contribution in [-0.4, -0.2) is 15.0 Å². The van der Waals surface area contributed by atoms with Gasteiger partial charge in [0.05, 0.1) is 0 Å². The van der Waals surface area contributed by atoms with Gasteiger partial charge < -0.3 is 4.74 Å². The van der Waals surface area contributed by atoms with E-state index in [9.17, 15) is 0 Å². The van der Waals surface area contributed by atoms with Crippen LogP contribution in [0.3, 0.4) is 0 Å². The van der Waals surface area contributed by atoms with Gasteiger partial charge in [0, 0.05) is 33.2 Å². The molecule has 4 nitrogen and oxygen atoms in total. The van der Waals surface area contributed by atoms with Crippen LogP contribution in [0.25, 0.3) is 89.8 Å². The zero-order valence-electron chi connectivity index (χ0n) is 34.6. The third kappa shape index (κ3) is 6.34. The molecule has 292 valence electrons. The second-order valence-corrected chi connectivity index (χ2v) is 17.2. The highest BCUT2D eigenvalue weighted by Crippen LogP contribution is 2.50. The monoisotopic (exact) mass is 785 g/mol. The number of ether oxygens (including phenoxy) is 1. The van der Waals surface area contributed by atoms with E-state index in [-0.39, 0.29) is 5.41 Å². The van der Waals surface area contributed by atoms with Crippen LogP contribution >= 0.6 is 0 Å². The molecule has 1 aromatic heterocycles. The van der Waals surface area contributed by atoms with E-state index < -0.39 is 5.60 Å². The van der Waals surface area contributed by atoms with Crippen molar-refractivity contribution in [2.45, 2.75) is 38.7 Å². The molecule has 0 atom stereocenters. The predicted molar refractivity (Wildman–Crippen MR) is 249 cm³/mol. The highest BCUT2D eigenvalue weighted by molar-refractivity contribution is 5.84. The van der Waals surface area contributed by atoms with Crippen molar-refractivity contribution in [2.75, 3.05) is 0 Å². The summed E-state index contributed by atoms with van der Waals surface area (Å²) in [4.78, 5) is 15.5. The first kappa shape index (κ1) is 36.6. The Bertz CT molecular complexity index is 3150. The van der Waals surface area contributed by atoms with Crippen LogP contribution in [0, 0.1) is 0 Å². The minimum absolute atomic E-state index is 0.148. The number of rotatable bonds is 6. The zero-order valence-corrected chi connectivity index (χ0v) is 34.6. The van der Waals surface area contributed by atoms with Gasteiger partial charge in [-0.1, -0.05) is 184 Å². The maximum atomic E-state index is 6.60. The average molecular weight is 786 g/mol. The first-order valence-corrected chi connectivity index (χ1v) is 21.0. The lowest BCUT2D eigenvalue weighted by Gasteiger charge is -2.35. The molecule has 2 aliphatic rings. The predicted octanol–water partition coefficient (Wildman–Crippen LogP) is 14.5. The summed E-state index contributed by atoms with van der Waals surface area (Å²) in [7, 11) is 0. The molecule has 9 aromatic rings. The van der Waals surface area contributed by atoms with Crippen molar-refractivity contribution in [3.63, 3.8) is 0 Å². The van der Waals surface area contributed by atoms with Crippen molar-refractivity contribution < 1.29 is 4.74 Å². The number of hydrogen-bond donors (Lipinski definition) is 0.